The van der Waals surface area contributed by atoms with E-state index in [0.717, 1.165) is 0 Å². The van der Waals surface area contributed by atoms with Gasteiger partial charge < -0.3 is 5.11 Å². The largest absolute Gasteiger partial charge is 0.506 e. The summed E-state index contributed by atoms with van der Waals surface area (Å²) < 4.78 is 12.9. The Morgan fingerprint density at radius 2 is 2.00 bits per heavy atom. The van der Waals surface area contributed by atoms with E-state index in [9.17, 15) is 9.50 Å². The third-order valence-electron chi connectivity index (χ3n) is 1.86. The van der Waals surface area contributed by atoms with Crippen molar-refractivity contribution in [2.24, 2.45) is 0 Å². The predicted octanol–water partition coefficient (Wildman–Crippen LogP) is 3.22. The van der Waals surface area contributed by atoms with E-state index in [2.05, 4.69) is 10.2 Å². The van der Waals surface area contributed by atoms with Gasteiger partial charge in [-0.2, -0.15) is 10.2 Å². The summed E-state index contributed by atoms with van der Waals surface area (Å²) in [6, 6.07) is 5.62. The van der Waals surface area contributed by atoms with Crippen LogP contribution < -0.4 is 0 Å². The van der Waals surface area contributed by atoms with E-state index in [0.29, 0.717) is 11.3 Å². The highest BCUT2D eigenvalue weighted by atomic mass is 79.9. The SMILES string of the molecule is Br.Oc1cnnc(-c2ccc(F)c(Cl)c2)c1. The number of hydrogen-bond acceptors (Lipinski definition) is 3. The van der Waals surface area contributed by atoms with Crippen molar-refractivity contribution in [3.05, 3.63) is 41.3 Å². The Bertz CT molecular complexity index is 510. The second-order valence-electron chi connectivity index (χ2n) is 2.93. The van der Waals surface area contributed by atoms with Crippen molar-refractivity contribution in [3.63, 3.8) is 0 Å². The first-order valence-electron chi connectivity index (χ1n) is 4.14. The van der Waals surface area contributed by atoms with Gasteiger partial charge in [-0.25, -0.2) is 4.39 Å². The Balaban J connectivity index is 0.00000128. The molecule has 1 N–H and O–H groups in total. The molecule has 0 bridgehead atoms. The van der Waals surface area contributed by atoms with Gasteiger partial charge in [0, 0.05) is 11.6 Å². The highest BCUT2D eigenvalue weighted by Gasteiger charge is 2.05. The van der Waals surface area contributed by atoms with Gasteiger partial charge in [-0.3, -0.25) is 0 Å². The molecule has 0 saturated heterocycles. The van der Waals surface area contributed by atoms with E-state index in [1.165, 1.54) is 30.5 Å². The summed E-state index contributed by atoms with van der Waals surface area (Å²) in [4.78, 5) is 0. The number of aromatic nitrogens is 2. The van der Waals surface area contributed by atoms with Crippen LogP contribution in [0.2, 0.25) is 5.02 Å². The van der Waals surface area contributed by atoms with Gasteiger partial charge >= 0.3 is 0 Å². The summed E-state index contributed by atoms with van der Waals surface area (Å²) in [5, 5.41) is 16.6. The lowest BCUT2D eigenvalue weighted by Gasteiger charge is -2.01. The average molecular weight is 306 g/mol. The smallest absolute Gasteiger partial charge is 0.141 e. The minimum Gasteiger partial charge on any atom is -0.506 e. The van der Waals surface area contributed by atoms with E-state index < -0.39 is 5.82 Å². The third-order valence-corrected chi connectivity index (χ3v) is 2.15. The Morgan fingerprint density at radius 3 is 2.62 bits per heavy atom. The van der Waals surface area contributed by atoms with Crippen LogP contribution in [-0.4, -0.2) is 15.3 Å². The zero-order chi connectivity index (χ0) is 10.8. The lowest BCUT2D eigenvalue weighted by Crippen LogP contribution is -1.87. The van der Waals surface area contributed by atoms with Crippen molar-refractivity contribution in [1.29, 1.82) is 0 Å². The topological polar surface area (TPSA) is 46.0 Å². The molecule has 1 aromatic carbocycles. The first-order chi connectivity index (χ1) is 7.16. The summed E-state index contributed by atoms with van der Waals surface area (Å²) in [5.74, 6) is -0.492. The lowest BCUT2D eigenvalue weighted by atomic mass is 10.1. The monoisotopic (exact) mass is 304 g/mol. The first-order valence-corrected chi connectivity index (χ1v) is 4.52. The molecule has 2 rings (SSSR count). The maximum Gasteiger partial charge on any atom is 0.141 e. The second-order valence-corrected chi connectivity index (χ2v) is 3.34. The van der Waals surface area contributed by atoms with Gasteiger partial charge in [-0.05, 0) is 18.2 Å². The molecule has 0 spiro atoms. The quantitative estimate of drug-likeness (QED) is 0.880. The predicted molar refractivity (Wildman–Crippen MR) is 64.4 cm³/mol. The second kappa shape index (κ2) is 5.23. The molecule has 0 aliphatic heterocycles. The van der Waals surface area contributed by atoms with E-state index in [1.807, 2.05) is 0 Å². The zero-order valence-electron chi connectivity index (χ0n) is 7.89. The van der Waals surface area contributed by atoms with Crippen molar-refractivity contribution in [2.45, 2.75) is 0 Å². The molecule has 0 atom stereocenters. The molecule has 84 valence electrons. The van der Waals surface area contributed by atoms with Crippen LogP contribution in [0.15, 0.2) is 30.5 Å². The van der Waals surface area contributed by atoms with E-state index in [-0.39, 0.29) is 27.8 Å². The van der Waals surface area contributed by atoms with Crippen LogP contribution in [-0.2, 0) is 0 Å². The zero-order valence-corrected chi connectivity index (χ0v) is 10.4. The molecule has 0 amide bonds. The average Bonchev–Trinajstić information content (AvgIpc) is 2.22. The molecule has 0 unspecified atom stereocenters. The molecule has 0 aliphatic rings. The normalized spacial score (nSPS) is 9.62. The van der Waals surface area contributed by atoms with Crippen LogP contribution >= 0.6 is 28.6 Å². The van der Waals surface area contributed by atoms with Gasteiger partial charge in [0.1, 0.15) is 11.6 Å². The van der Waals surface area contributed by atoms with Crippen molar-refractivity contribution >= 4 is 28.6 Å². The summed E-state index contributed by atoms with van der Waals surface area (Å²) >= 11 is 5.62. The lowest BCUT2D eigenvalue weighted by molar-refractivity contribution is 0.471. The summed E-state index contributed by atoms with van der Waals surface area (Å²) in [5.41, 5.74) is 1.04. The van der Waals surface area contributed by atoms with E-state index in [4.69, 9.17) is 11.6 Å². The molecule has 0 aliphatic carbocycles. The Hall–Kier alpha value is -1.20. The Morgan fingerprint density at radius 1 is 1.25 bits per heavy atom. The van der Waals surface area contributed by atoms with Crippen molar-refractivity contribution in [2.75, 3.05) is 0 Å². The Labute approximate surface area is 107 Å². The Kier molecular flexibility index (Phi) is 4.20. The van der Waals surface area contributed by atoms with Crippen LogP contribution in [0.1, 0.15) is 0 Å². The van der Waals surface area contributed by atoms with Crippen molar-refractivity contribution < 1.29 is 9.50 Å². The summed E-state index contributed by atoms with van der Waals surface area (Å²) in [6.07, 6.45) is 1.22. The third kappa shape index (κ3) is 2.68. The molecular weight excluding hydrogens is 298 g/mol. The molecule has 0 saturated carbocycles. The molecular formula is C10H7BrClFN2O. The highest BCUT2D eigenvalue weighted by molar-refractivity contribution is 8.93. The fraction of sp³-hybridized carbons (Fsp3) is 0. The molecule has 0 radical (unpaired) electrons. The molecule has 6 heteroatoms. The van der Waals surface area contributed by atoms with Crippen molar-refractivity contribution in [3.8, 4) is 17.0 Å². The molecule has 16 heavy (non-hydrogen) atoms. The van der Waals surface area contributed by atoms with Gasteiger partial charge in [0.05, 0.1) is 16.9 Å². The van der Waals surface area contributed by atoms with Crippen LogP contribution in [0.5, 0.6) is 5.75 Å². The number of hydrogen-bond donors (Lipinski definition) is 1. The maximum atomic E-state index is 12.9. The fourth-order valence-electron chi connectivity index (χ4n) is 1.15. The van der Waals surface area contributed by atoms with Gasteiger partial charge in [-0.1, -0.05) is 11.6 Å². The molecule has 2 aromatic rings. The maximum absolute atomic E-state index is 12.9. The molecule has 1 aromatic heterocycles. The van der Waals surface area contributed by atoms with Gasteiger partial charge in [0.2, 0.25) is 0 Å². The number of benzene rings is 1. The highest BCUT2D eigenvalue weighted by Crippen LogP contribution is 2.24. The standard InChI is InChI=1S/C10H6ClFN2O.BrH/c11-8-3-6(1-2-9(8)12)10-4-7(15)5-13-14-10;/h1-5H,(H,14,15);1H. The van der Waals surface area contributed by atoms with Crippen LogP contribution in [0.4, 0.5) is 4.39 Å². The van der Waals surface area contributed by atoms with Gasteiger partial charge in [0.25, 0.3) is 0 Å². The van der Waals surface area contributed by atoms with Crippen LogP contribution in [0.25, 0.3) is 11.3 Å². The van der Waals surface area contributed by atoms with Crippen LogP contribution in [0.3, 0.4) is 0 Å². The molecule has 3 nitrogen and oxygen atoms in total. The van der Waals surface area contributed by atoms with Crippen molar-refractivity contribution in [1.82, 2.24) is 10.2 Å². The minimum atomic E-state index is -0.492. The first kappa shape index (κ1) is 12.9. The summed E-state index contributed by atoms with van der Waals surface area (Å²) in [6.45, 7) is 0. The number of rotatable bonds is 1. The van der Waals surface area contributed by atoms with Gasteiger partial charge in [0.15, 0.2) is 0 Å². The molecule has 0 fully saturated rings. The summed E-state index contributed by atoms with van der Waals surface area (Å²) in [7, 11) is 0. The molecule has 1 heterocycles. The van der Waals surface area contributed by atoms with E-state index >= 15 is 0 Å². The fourth-order valence-corrected chi connectivity index (χ4v) is 1.33. The van der Waals surface area contributed by atoms with E-state index in [1.54, 1.807) is 0 Å². The number of halogens is 3. The number of aromatic hydroxyl groups is 1. The van der Waals surface area contributed by atoms with Gasteiger partial charge in [-0.15, -0.1) is 17.0 Å². The minimum absolute atomic E-state index is 0. The number of nitrogens with zero attached hydrogens (tertiary/aromatic N) is 2. The van der Waals surface area contributed by atoms with Crippen LogP contribution in [0, 0.1) is 5.82 Å².